The summed E-state index contributed by atoms with van der Waals surface area (Å²) in [5.41, 5.74) is -0.499. The van der Waals surface area contributed by atoms with E-state index in [0.29, 0.717) is 11.7 Å². The van der Waals surface area contributed by atoms with Crippen LogP contribution in [0.15, 0.2) is 4.52 Å². The molecule has 5 nitrogen and oxygen atoms in total. The Balaban J connectivity index is 2.10. The van der Waals surface area contributed by atoms with Gasteiger partial charge in [0.25, 0.3) is 0 Å². The lowest BCUT2D eigenvalue weighted by Gasteiger charge is -2.27. The number of ether oxygens (including phenoxy) is 1. The third kappa shape index (κ3) is 2.72. The molecule has 2 heterocycles. The lowest BCUT2D eigenvalue weighted by molar-refractivity contribution is 0.00973. The molecular formula is C13H23N3O2. The molecule has 0 aliphatic carbocycles. The molecule has 1 fully saturated rings. The second-order valence-corrected chi connectivity index (χ2v) is 5.48. The summed E-state index contributed by atoms with van der Waals surface area (Å²) in [6, 6.07) is 0.192. The molecule has 18 heavy (non-hydrogen) atoms. The lowest BCUT2D eigenvalue weighted by Crippen LogP contribution is -2.32. The lowest BCUT2D eigenvalue weighted by atomic mass is 9.90. The minimum absolute atomic E-state index is 0.192. The van der Waals surface area contributed by atoms with Gasteiger partial charge < -0.3 is 14.6 Å². The first-order valence-electron chi connectivity index (χ1n) is 6.69. The summed E-state index contributed by atoms with van der Waals surface area (Å²) >= 11 is 0. The van der Waals surface area contributed by atoms with Crippen molar-refractivity contribution in [2.45, 2.75) is 51.7 Å². The third-order valence-corrected chi connectivity index (χ3v) is 3.88. The number of aromatic nitrogens is 2. The number of methoxy groups -OCH3 is 1. The SMILES string of the molecule is CCC1CCNC(c2nc(C(C)(C)OC)no2)C1. The van der Waals surface area contributed by atoms with Crippen molar-refractivity contribution < 1.29 is 9.26 Å². The van der Waals surface area contributed by atoms with Crippen LogP contribution in [-0.2, 0) is 10.3 Å². The molecule has 0 radical (unpaired) electrons. The Morgan fingerprint density at radius 3 is 2.94 bits per heavy atom. The molecule has 0 bridgehead atoms. The molecule has 2 unspecified atom stereocenters. The molecule has 1 saturated heterocycles. The van der Waals surface area contributed by atoms with E-state index >= 15 is 0 Å². The van der Waals surface area contributed by atoms with Gasteiger partial charge in [-0.1, -0.05) is 18.5 Å². The molecular weight excluding hydrogens is 230 g/mol. The fourth-order valence-electron chi connectivity index (χ4n) is 2.27. The Morgan fingerprint density at radius 2 is 2.28 bits per heavy atom. The predicted octanol–water partition coefficient (Wildman–Crippen LogP) is 2.40. The molecule has 2 rings (SSSR count). The van der Waals surface area contributed by atoms with E-state index in [1.54, 1.807) is 7.11 Å². The smallest absolute Gasteiger partial charge is 0.243 e. The molecule has 1 aliphatic heterocycles. The summed E-state index contributed by atoms with van der Waals surface area (Å²) in [6.45, 7) is 7.13. The summed E-state index contributed by atoms with van der Waals surface area (Å²) in [4.78, 5) is 4.48. The van der Waals surface area contributed by atoms with Gasteiger partial charge in [0, 0.05) is 7.11 Å². The summed E-state index contributed by atoms with van der Waals surface area (Å²) in [6.07, 6.45) is 3.52. The van der Waals surface area contributed by atoms with Crippen LogP contribution in [0.1, 0.15) is 57.8 Å². The number of piperidine rings is 1. The van der Waals surface area contributed by atoms with E-state index in [9.17, 15) is 0 Å². The van der Waals surface area contributed by atoms with Crippen LogP contribution in [0.4, 0.5) is 0 Å². The quantitative estimate of drug-likeness (QED) is 0.892. The maximum Gasteiger partial charge on any atom is 0.243 e. The Bertz CT molecular complexity index is 389. The highest BCUT2D eigenvalue weighted by atomic mass is 16.5. The molecule has 1 aromatic rings. The van der Waals surface area contributed by atoms with Crippen molar-refractivity contribution >= 4 is 0 Å². The Labute approximate surface area is 108 Å². The minimum Gasteiger partial charge on any atom is -0.371 e. The molecule has 1 aromatic heterocycles. The minimum atomic E-state index is -0.499. The third-order valence-electron chi connectivity index (χ3n) is 3.88. The zero-order chi connectivity index (χ0) is 13.2. The van der Waals surface area contributed by atoms with Crippen LogP contribution in [-0.4, -0.2) is 23.8 Å². The van der Waals surface area contributed by atoms with E-state index in [4.69, 9.17) is 9.26 Å². The zero-order valence-corrected chi connectivity index (χ0v) is 11.7. The number of nitrogens with one attached hydrogen (secondary N) is 1. The van der Waals surface area contributed by atoms with Crippen molar-refractivity contribution in [3.63, 3.8) is 0 Å². The summed E-state index contributed by atoms with van der Waals surface area (Å²) in [5.74, 6) is 2.05. The number of hydrogen-bond acceptors (Lipinski definition) is 5. The second-order valence-electron chi connectivity index (χ2n) is 5.48. The van der Waals surface area contributed by atoms with E-state index in [0.717, 1.165) is 18.9 Å². The van der Waals surface area contributed by atoms with Crippen molar-refractivity contribution in [3.8, 4) is 0 Å². The first kappa shape index (κ1) is 13.5. The molecule has 0 amide bonds. The second kappa shape index (κ2) is 5.36. The van der Waals surface area contributed by atoms with Crippen molar-refractivity contribution in [2.24, 2.45) is 5.92 Å². The van der Waals surface area contributed by atoms with Crippen LogP contribution in [0.25, 0.3) is 0 Å². The first-order valence-corrected chi connectivity index (χ1v) is 6.69. The monoisotopic (exact) mass is 253 g/mol. The largest absolute Gasteiger partial charge is 0.371 e. The van der Waals surface area contributed by atoms with Gasteiger partial charge in [-0.15, -0.1) is 0 Å². The van der Waals surface area contributed by atoms with Gasteiger partial charge in [-0.05, 0) is 39.2 Å². The van der Waals surface area contributed by atoms with Crippen LogP contribution in [0.2, 0.25) is 0 Å². The molecule has 5 heteroatoms. The topological polar surface area (TPSA) is 60.2 Å². The average Bonchev–Trinajstić information content (AvgIpc) is 2.89. The molecule has 102 valence electrons. The summed E-state index contributed by atoms with van der Waals surface area (Å²) in [5, 5.41) is 7.48. The standard InChI is InChI=1S/C13H23N3O2/c1-5-9-6-7-14-10(8-9)11-15-12(16-18-11)13(2,3)17-4/h9-10,14H,5-8H2,1-4H3. The van der Waals surface area contributed by atoms with Gasteiger partial charge in [0.2, 0.25) is 11.7 Å². The number of rotatable bonds is 4. The maximum absolute atomic E-state index is 5.38. The van der Waals surface area contributed by atoms with Crippen LogP contribution in [0, 0.1) is 5.92 Å². The van der Waals surface area contributed by atoms with Crippen molar-refractivity contribution in [3.05, 3.63) is 11.7 Å². The Kier molecular flexibility index (Phi) is 4.02. The molecule has 0 spiro atoms. The van der Waals surface area contributed by atoms with Crippen LogP contribution >= 0.6 is 0 Å². The Hall–Kier alpha value is -0.940. The van der Waals surface area contributed by atoms with Gasteiger partial charge in [-0.2, -0.15) is 4.98 Å². The summed E-state index contributed by atoms with van der Waals surface area (Å²) in [7, 11) is 1.65. The zero-order valence-electron chi connectivity index (χ0n) is 11.7. The van der Waals surface area contributed by atoms with Crippen LogP contribution < -0.4 is 5.32 Å². The van der Waals surface area contributed by atoms with E-state index in [-0.39, 0.29) is 6.04 Å². The normalized spacial score (nSPS) is 25.3. The highest BCUT2D eigenvalue weighted by Crippen LogP contribution is 2.29. The van der Waals surface area contributed by atoms with Crippen molar-refractivity contribution in [1.82, 2.24) is 15.5 Å². The highest BCUT2D eigenvalue weighted by molar-refractivity contribution is 5.01. The van der Waals surface area contributed by atoms with E-state index in [2.05, 4.69) is 22.4 Å². The van der Waals surface area contributed by atoms with Gasteiger partial charge >= 0.3 is 0 Å². The Morgan fingerprint density at radius 1 is 1.50 bits per heavy atom. The van der Waals surface area contributed by atoms with Crippen LogP contribution in [0.3, 0.4) is 0 Å². The van der Waals surface area contributed by atoms with E-state index in [1.165, 1.54) is 12.8 Å². The van der Waals surface area contributed by atoms with Gasteiger partial charge in [0.15, 0.2) is 0 Å². The number of hydrogen-bond donors (Lipinski definition) is 1. The predicted molar refractivity (Wildman–Crippen MR) is 68.1 cm³/mol. The summed E-state index contributed by atoms with van der Waals surface area (Å²) < 4.78 is 10.7. The molecule has 0 saturated carbocycles. The van der Waals surface area contributed by atoms with Crippen LogP contribution in [0.5, 0.6) is 0 Å². The van der Waals surface area contributed by atoms with Gasteiger partial charge in [-0.3, -0.25) is 0 Å². The maximum atomic E-state index is 5.38. The van der Waals surface area contributed by atoms with Gasteiger partial charge in [0.05, 0.1) is 6.04 Å². The molecule has 1 aliphatic rings. The van der Waals surface area contributed by atoms with E-state index < -0.39 is 5.60 Å². The number of nitrogens with zero attached hydrogens (tertiary/aromatic N) is 2. The fraction of sp³-hybridized carbons (Fsp3) is 0.846. The van der Waals surface area contributed by atoms with E-state index in [1.807, 2.05) is 13.8 Å². The molecule has 2 atom stereocenters. The van der Waals surface area contributed by atoms with Gasteiger partial charge in [-0.25, -0.2) is 0 Å². The molecule has 1 N–H and O–H groups in total. The van der Waals surface area contributed by atoms with Crippen molar-refractivity contribution in [2.75, 3.05) is 13.7 Å². The highest BCUT2D eigenvalue weighted by Gasteiger charge is 2.30. The fourth-order valence-corrected chi connectivity index (χ4v) is 2.27. The van der Waals surface area contributed by atoms with Gasteiger partial charge in [0.1, 0.15) is 5.60 Å². The molecule has 0 aromatic carbocycles. The average molecular weight is 253 g/mol. The first-order chi connectivity index (χ1) is 8.56. The van der Waals surface area contributed by atoms with Crippen molar-refractivity contribution in [1.29, 1.82) is 0 Å².